The lowest BCUT2D eigenvalue weighted by Crippen LogP contribution is -2.47. The predicted molar refractivity (Wildman–Crippen MR) is 112 cm³/mol. The highest BCUT2D eigenvalue weighted by Gasteiger charge is 2.32. The van der Waals surface area contributed by atoms with Gasteiger partial charge >= 0.3 is 0 Å². The first kappa shape index (κ1) is 19.9. The van der Waals surface area contributed by atoms with Crippen molar-refractivity contribution < 1.29 is 14.6 Å². The van der Waals surface area contributed by atoms with Crippen molar-refractivity contribution in [1.29, 1.82) is 0 Å². The Balaban J connectivity index is 1.79. The molecular weight excluding hydrogens is 390 g/mol. The molecular formula is C20H27N5O3S. The van der Waals surface area contributed by atoms with Crippen LogP contribution in [-0.4, -0.2) is 76.4 Å². The van der Waals surface area contributed by atoms with Crippen molar-refractivity contribution in [3.63, 3.8) is 0 Å². The van der Waals surface area contributed by atoms with E-state index in [0.717, 1.165) is 43.2 Å². The fourth-order valence-corrected chi connectivity index (χ4v) is 5.08. The second kappa shape index (κ2) is 8.17. The molecule has 0 unspecified atom stereocenters. The number of hydrogen-bond acceptors (Lipinski definition) is 8. The molecule has 0 radical (unpaired) electrons. The van der Waals surface area contributed by atoms with Crippen LogP contribution in [0.1, 0.15) is 29.2 Å². The Bertz CT molecular complexity index is 994. The van der Waals surface area contributed by atoms with Gasteiger partial charge in [-0.05, 0) is 31.2 Å². The van der Waals surface area contributed by atoms with Gasteiger partial charge in [-0.2, -0.15) is 4.52 Å². The third kappa shape index (κ3) is 3.65. The van der Waals surface area contributed by atoms with Crippen LogP contribution in [0.5, 0.6) is 17.4 Å². The minimum atomic E-state index is -0.109. The topological polar surface area (TPSA) is 75.4 Å². The molecule has 9 heteroatoms. The zero-order chi connectivity index (χ0) is 20.5. The molecule has 4 rings (SSSR count). The summed E-state index contributed by atoms with van der Waals surface area (Å²) in [5.74, 6) is 2.17. The number of piperazine rings is 1. The first-order valence-electron chi connectivity index (χ1n) is 9.79. The summed E-state index contributed by atoms with van der Waals surface area (Å²) in [7, 11) is 3.27. The van der Waals surface area contributed by atoms with E-state index in [-0.39, 0.29) is 11.9 Å². The van der Waals surface area contributed by atoms with E-state index in [4.69, 9.17) is 9.47 Å². The average molecular weight is 418 g/mol. The van der Waals surface area contributed by atoms with Gasteiger partial charge in [-0.25, -0.2) is 4.98 Å². The summed E-state index contributed by atoms with van der Waals surface area (Å²) in [6.45, 7) is 8.90. The van der Waals surface area contributed by atoms with Crippen molar-refractivity contribution >= 4 is 16.3 Å². The molecule has 2 aromatic heterocycles. The third-order valence-electron chi connectivity index (χ3n) is 5.50. The Morgan fingerprint density at radius 1 is 1.14 bits per heavy atom. The largest absolute Gasteiger partial charge is 0.493 e. The van der Waals surface area contributed by atoms with Crippen LogP contribution in [0.25, 0.3) is 4.96 Å². The van der Waals surface area contributed by atoms with Crippen molar-refractivity contribution in [1.82, 2.24) is 24.4 Å². The minimum absolute atomic E-state index is 0.109. The van der Waals surface area contributed by atoms with Crippen molar-refractivity contribution in [3.05, 3.63) is 34.5 Å². The highest BCUT2D eigenvalue weighted by molar-refractivity contribution is 7.17. The molecule has 156 valence electrons. The lowest BCUT2D eigenvalue weighted by molar-refractivity contribution is 0.113. The number of aryl methyl sites for hydroxylation is 1. The Labute approximate surface area is 174 Å². The van der Waals surface area contributed by atoms with Crippen molar-refractivity contribution in [3.8, 4) is 17.4 Å². The molecule has 0 saturated carbocycles. The molecule has 0 amide bonds. The summed E-state index contributed by atoms with van der Waals surface area (Å²) < 4.78 is 12.5. The van der Waals surface area contributed by atoms with Crippen molar-refractivity contribution in [2.45, 2.75) is 19.9 Å². The summed E-state index contributed by atoms with van der Waals surface area (Å²) in [6.07, 6.45) is 0. The molecule has 1 aliphatic heterocycles. The number of rotatable bonds is 6. The lowest BCUT2D eigenvalue weighted by atomic mass is 10.0. The van der Waals surface area contributed by atoms with Crippen LogP contribution in [0.2, 0.25) is 0 Å². The summed E-state index contributed by atoms with van der Waals surface area (Å²) in [4.78, 5) is 10.8. The molecule has 1 aromatic carbocycles. The van der Waals surface area contributed by atoms with Gasteiger partial charge in [-0.1, -0.05) is 24.3 Å². The molecule has 0 spiro atoms. The number of aromatic nitrogens is 3. The molecule has 1 fully saturated rings. The van der Waals surface area contributed by atoms with Gasteiger partial charge in [-0.3, -0.25) is 4.90 Å². The number of likely N-dealkylation sites (N-methyl/N-ethyl adjacent to an activating group) is 1. The maximum absolute atomic E-state index is 11.0. The van der Waals surface area contributed by atoms with E-state index in [1.807, 2.05) is 25.1 Å². The molecule has 1 saturated heterocycles. The number of ether oxygens (including phenoxy) is 2. The fraction of sp³-hybridized carbons (Fsp3) is 0.500. The predicted octanol–water partition coefficient (Wildman–Crippen LogP) is 2.55. The van der Waals surface area contributed by atoms with Gasteiger partial charge in [0, 0.05) is 26.2 Å². The van der Waals surface area contributed by atoms with E-state index in [1.54, 1.807) is 14.2 Å². The number of thiazole rings is 1. The molecule has 0 aliphatic carbocycles. The molecule has 0 bridgehead atoms. The van der Waals surface area contributed by atoms with E-state index in [1.165, 1.54) is 15.9 Å². The Hall–Kier alpha value is -2.36. The molecule has 1 atom stereocenters. The van der Waals surface area contributed by atoms with E-state index < -0.39 is 0 Å². The van der Waals surface area contributed by atoms with Crippen LogP contribution in [0.15, 0.2) is 18.2 Å². The second-order valence-corrected chi connectivity index (χ2v) is 8.14. The van der Waals surface area contributed by atoms with Crippen LogP contribution < -0.4 is 9.47 Å². The number of nitrogens with zero attached hydrogens (tertiary/aromatic N) is 5. The summed E-state index contributed by atoms with van der Waals surface area (Å²) in [6, 6.07) is 5.85. The number of methoxy groups -OCH3 is 2. The first-order valence-corrected chi connectivity index (χ1v) is 10.6. The van der Waals surface area contributed by atoms with Gasteiger partial charge in [0.15, 0.2) is 11.5 Å². The molecule has 1 N–H and O–H groups in total. The zero-order valence-electron chi connectivity index (χ0n) is 17.3. The van der Waals surface area contributed by atoms with Crippen LogP contribution in [-0.2, 0) is 0 Å². The smallest absolute Gasteiger partial charge is 0.230 e. The number of benzene rings is 1. The van der Waals surface area contributed by atoms with Crippen LogP contribution in [0.3, 0.4) is 0 Å². The van der Waals surface area contributed by atoms with Gasteiger partial charge in [-0.15, -0.1) is 5.10 Å². The highest BCUT2D eigenvalue weighted by atomic mass is 32.1. The Kier molecular flexibility index (Phi) is 5.62. The normalized spacial score (nSPS) is 17.0. The molecule has 3 heterocycles. The van der Waals surface area contributed by atoms with Crippen LogP contribution >= 0.6 is 11.3 Å². The molecule has 8 nitrogen and oxygen atoms in total. The Morgan fingerprint density at radius 2 is 1.86 bits per heavy atom. The standard InChI is InChI=1S/C20H27N5O3S/c1-5-23-8-10-24(11-9-23)17(14-6-7-15(27-3)16(12-14)28-4)18-19(26)25-20(29-18)21-13(2)22-25/h6-7,12,17,26H,5,8-11H2,1-4H3/t17-/m1/s1. The summed E-state index contributed by atoms with van der Waals surface area (Å²) in [5, 5.41) is 15.3. The number of hydrogen-bond donors (Lipinski definition) is 1. The summed E-state index contributed by atoms with van der Waals surface area (Å²) in [5.41, 5.74) is 1.05. The first-order chi connectivity index (χ1) is 14.0. The minimum Gasteiger partial charge on any atom is -0.493 e. The SMILES string of the molecule is CCN1CCN([C@H](c2ccc(OC)c(OC)c2)c2sc3nc(C)nn3c2O)CC1. The molecule has 3 aromatic rings. The van der Waals surface area contributed by atoms with Crippen molar-refractivity contribution in [2.24, 2.45) is 0 Å². The van der Waals surface area contributed by atoms with Gasteiger partial charge in [0.25, 0.3) is 0 Å². The van der Waals surface area contributed by atoms with E-state index in [9.17, 15) is 5.11 Å². The second-order valence-electron chi connectivity index (χ2n) is 7.13. The van der Waals surface area contributed by atoms with E-state index in [0.29, 0.717) is 22.3 Å². The third-order valence-corrected chi connectivity index (χ3v) is 6.57. The number of fused-ring (bicyclic) bond motifs is 1. The Morgan fingerprint density at radius 3 is 2.48 bits per heavy atom. The average Bonchev–Trinajstić information content (AvgIpc) is 3.25. The zero-order valence-corrected chi connectivity index (χ0v) is 18.1. The van der Waals surface area contributed by atoms with Crippen LogP contribution in [0, 0.1) is 6.92 Å². The van der Waals surface area contributed by atoms with Crippen LogP contribution in [0.4, 0.5) is 0 Å². The highest BCUT2D eigenvalue weighted by Crippen LogP contribution is 2.42. The van der Waals surface area contributed by atoms with E-state index >= 15 is 0 Å². The lowest BCUT2D eigenvalue weighted by Gasteiger charge is -2.38. The maximum atomic E-state index is 11.0. The van der Waals surface area contributed by atoms with Gasteiger partial charge in [0.2, 0.25) is 10.8 Å². The van der Waals surface area contributed by atoms with Gasteiger partial charge in [0.1, 0.15) is 5.82 Å². The molecule has 29 heavy (non-hydrogen) atoms. The maximum Gasteiger partial charge on any atom is 0.230 e. The quantitative estimate of drug-likeness (QED) is 0.661. The van der Waals surface area contributed by atoms with Gasteiger partial charge in [0.05, 0.1) is 25.1 Å². The fourth-order valence-electron chi connectivity index (χ4n) is 3.91. The summed E-state index contributed by atoms with van der Waals surface area (Å²) >= 11 is 1.48. The molecule has 1 aliphatic rings. The van der Waals surface area contributed by atoms with E-state index in [2.05, 4.69) is 26.8 Å². The van der Waals surface area contributed by atoms with Crippen molar-refractivity contribution in [2.75, 3.05) is 46.9 Å². The number of aromatic hydroxyl groups is 1. The monoisotopic (exact) mass is 417 g/mol. The van der Waals surface area contributed by atoms with Gasteiger partial charge < -0.3 is 19.5 Å².